The highest BCUT2D eigenvalue weighted by molar-refractivity contribution is 5.71. The average Bonchev–Trinajstić information content (AvgIpc) is 3.26. The van der Waals surface area contributed by atoms with Crippen molar-refractivity contribution in [3.8, 4) is 0 Å². The van der Waals surface area contributed by atoms with Crippen molar-refractivity contribution < 1.29 is 28.6 Å². The van der Waals surface area contributed by atoms with Crippen molar-refractivity contribution in [2.45, 2.75) is 317 Å². The van der Waals surface area contributed by atoms with E-state index in [-0.39, 0.29) is 31.1 Å². The van der Waals surface area contributed by atoms with Gasteiger partial charge in [-0.3, -0.25) is 14.4 Å². The highest BCUT2D eigenvalue weighted by Gasteiger charge is 2.19. The quantitative estimate of drug-likeness (QED) is 0.0344. The van der Waals surface area contributed by atoms with E-state index in [4.69, 9.17) is 14.2 Å². The van der Waals surface area contributed by atoms with Crippen LogP contribution in [-0.4, -0.2) is 37.2 Å². The second-order valence-electron chi connectivity index (χ2n) is 19.9. The van der Waals surface area contributed by atoms with Crippen LogP contribution in [0.15, 0.2) is 0 Å². The van der Waals surface area contributed by atoms with Crippen LogP contribution in [0.4, 0.5) is 0 Å². The number of ether oxygens (including phenoxy) is 3. The minimum atomic E-state index is -0.762. The summed E-state index contributed by atoms with van der Waals surface area (Å²) in [6.45, 7) is 11.4. The molecule has 0 spiro atoms. The molecule has 368 valence electrons. The Morgan fingerprint density at radius 3 is 0.919 bits per heavy atom. The van der Waals surface area contributed by atoms with E-state index >= 15 is 0 Å². The lowest BCUT2D eigenvalue weighted by molar-refractivity contribution is -0.167. The molecule has 0 heterocycles. The van der Waals surface area contributed by atoms with E-state index in [0.717, 1.165) is 69.6 Å². The summed E-state index contributed by atoms with van der Waals surface area (Å²) >= 11 is 0. The molecule has 0 aromatic heterocycles. The highest BCUT2D eigenvalue weighted by atomic mass is 16.6. The third-order valence-electron chi connectivity index (χ3n) is 13.1. The van der Waals surface area contributed by atoms with Crippen LogP contribution in [0.2, 0.25) is 0 Å². The van der Waals surface area contributed by atoms with Gasteiger partial charge < -0.3 is 14.2 Å². The summed E-state index contributed by atoms with van der Waals surface area (Å²) in [5, 5.41) is 0. The lowest BCUT2D eigenvalue weighted by atomic mass is 10.00. The molecule has 0 aliphatic rings. The van der Waals surface area contributed by atoms with Gasteiger partial charge in [-0.1, -0.05) is 272 Å². The fraction of sp³-hybridized carbons (Fsp3) is 0.946. The molecule has 0 saturated carbocycles. The van der Waals surface area contributed by atoms with E-state index in [1.807, 2.05) is 0 Å². The van der Waals surface area contributed by atoms with Gasteiger partial charge in [0, 0.05) is 19.3 Å². The Morgan fingerprint density at radius 1 is 0.339 bits per heavy atom. The summed E-state index contributed by atoms with van der Waals surface area (Å²) < 4.78 is 16.8. The molecule has 0 aliphatic carbocycles. The van der Waals surface area contributed by atoms with Gasteiger partial charge in [-0.05, 0) is 31.1 Å². The van der Waals surface area contributed by atoms with Gasteiger partial charge in [0.25, 0.3) is 0 Å². The topological polar surface area (TPSA) is 78.9 Å². The molecule has 0 fully saturated rings. The number of carbonyl (C=O) groups is 3. The molecular weight excluding hydrogens is 769 g/mol. The van der Waals surface area contributed by atoms with Crippen LogP contribution in [0.5, 0.6) is 0 Å². The predicted octanol–water partition coefficient (Wildman–Crippen LogP) is 18.1. The van der Waals surface area contributed by atoms with Gasteiger partial charge >= 0.3 is 17.9 Å². The lowest BCUT2D eigenvalue weighted by Gasteiger charge is -2.18. The minimum absolute atomic E-state index is 0.0640. The minimum Gasteiger partial charge on any atom is -0.462 e. The van der Waals surface area contributed by atoms with Gasteiger partial charge in [-0.25, -0.2) is 0 Å². The molecule has 0 rings (SSSR count). The third-order valence-corrected chi connectivity index (χ3v) is 13.1. The summed E-state index contributed by atoms with van der Waals surface area (Å²) in [5.74, 6) is 0.822. The first-order valence-electron chi connectivity index (χ1n) is 27.8. The van der Waals surface area contributed by atoms with Crippen molar-refractivity contribution in [1.29, 1.82) is 0 Å². The van der Waals surface area contributed by atoms with Crippen molar-refractivity contribution in [2.24, 2.45) is 11.8 Å². The van der Waals surface area contributed by atoms with E-state index in [1.165, 1.54) is 199 Å². The SMILES string of the molecule is CCCCCCCCCCCCCCCC(=O)OC[C@H](COC(=O)CCCCCCCCCCCCCCCCCCCCC(C)C)OC(=O)CCCCCCCCC(C)CC. The van der Waals surface area contributed by atoms with Crippen LogP contribution >= 0.6 is 0 Å². The molecule has 6 heteroatoms. The van der Waals surface area contributed by atoms with E-state index in [0.29, 0.717) is 19.3 Å². The highest BCUT2D eigenvalue weighted by Crippen LogP contribution is 2.18. The summed E-state index contributed by atoms with van der Waals surface area (Å²) in [7, 11) is 0. The monoisotopic (exact) mass is 877 g/mol. The Labute approximate surface area is 387 Å². The number of carbonyl (C=O) groups excluding carboxylic acids is 3. The van der Waals surface area contributed by atoms with Crippen LogP contribution in [0.3, 0.4) is 0 Å². The molecule has 0 radical (unpaired) electrons. The van der Waals surface area contributed by atoms with Crippen LogP contribution in [0, 0.1) is 11.8 Å². The fourth-order valence-corrected chi connectivity index (χ4v) is 8.49. The maximum Gasteiger partial charge on any atom is 0.306 e. The molecule has 6 nitrogen and oxygen atoms in total. The number of hydrogen-bond acceptors (Lipinski definition) is 6. The first-order chi connectivity index (χ1) is 30.3. The predicted molar refractivity (Wildman–Crippen MR) is 266 cm³/mol. The lowest BCUT2D eigenvalue weighted by Crippen LogP contribution is -2.30. The van der Waals surface area contributed by atoms with Gasteiger partial charge in [0.2, 0.25) is 0 Å². The molecule has 1 unspecified atom stereocenters. The molecule has 0 saturated heterocycles. The zero-order valence-electron chi connectivity index (χ0n) is 42.5. The molecule has 0 aromatic carbocycles. The second kappa shape index (κ2) is 48.9. The summed E-state index contributed by atoms with van der Waals surface area (Å²) in [6.07, 6.45) is 51.0. The Bertz CT molecular complexity index is 949. The largest absolute Gasteiger partial charge is 0.462 e. The number of hydrogen-bond donors (Lipinski definition) is 0. The molecular formula is C56H108O6. The average molecular weight is 877 g/mol. The maximum atomic E-state index is 12.8. The van der Waals surface area contributed by atoms with Gasteiger partial charge in [0.05, 0.1) is 0 Å². The van der Waals surface area contributed by atoms with E-state index < -0.39 is 6.10 Å². The number of rotatable bonds is 50. The Balaban J connectivity index is 4.19. The number of unbranched alkanes of at least 4 members (excludes halogenated alkanes) is 34. The molecule has 0 N–H and O–H groups in total. The van der Waals surface area contributed by atoms with Gasteiger partial charge in [-0.15, -0.1) is 0 Å². The van der Waals surface area contributed by atoms with Crippen LogP contribution in [-0.2, 0) is 28.6 Å². The molecule has 0 bridgehead atoms. The third kappa shape index (κ3) is 47.9. The van der Waals surface area contributed by atoms with E-state index in [2.05, 4.69) is 34.6 Å². The van der Waals surface area contributed by atoms with Crippen LogP contribution in [0.25, 0.3) is 0 Å². The Kier molecular flexibility index (Phi) is 47.6. The van der Waals surface area contributed by atoms with Crippen molar-refractivity contribution in [3.05, 3.63) is 0 Å². The zero-order chi connectivity index (χ0) is 45.4. The van der Waals surface area contributed by atoms with Gasteiger partial charge in [-0.2, -0.15) is 0 Å². The van der Waals surface area contributed by atoms with Crippen LogP contribution < -0.4 is 0 Å². The summed E-state index contributed by atoms with van der Waals surface area (Å²) in [5.41, 5.74) is 0. The summed E-state index contributed by atoms with van der Waals surface area (Å²) in [4.78, 5) is 38.0. The normalized spacial score (nSPS) is 12.5. The molecule has 62 heavy (non-hydrogen) atoms. The number of esters is 3. The van der Waals surface area contributed by atoms with E-state index in [1.54, 1.807) is 0 Å². The smallest absolute Gasteiger partial charge is 0.306 e. The molecule has 0 aliphatic heterocycles. The molecule has 0 amide bonds. The Morgan fingerprint density at radius 2 is 0.613 bits per heavy atom. The van der Waals surface area contributed by atoms with Crippen LogP contribution in [0.1, 0.15) is 311 Å². The second-order valence-corrected chi connectivity index (χ2v) is 19.9. The van der Waals surface area contributed by atoms with Gasteiger partial charge in [0.1, 0.15) is 13.2 Å². The van der Waals surface area contributed by atoms with Crippen molar-refractivity contribution >= 4 is 17.9 Å². The zero-order valence-corrected chi connectivity index (χ0v) is 42.5. The first kappa shape index (κ1) is 60.4. The molecule has 2 atom stereocenters. The standard InChI is InChI=1S/C56H108O6/c1-6-8-9-10-11-12-13-20-24-27-30-36-41-46-54(57)60-49-53(62-56(59)48-43-38-33-32-35-40-45-52(5)7-2)50-61-55(58)47-42-37-31-28-25-22-19-17-15-14-16-18-21-23-26-29-34-39-44-51(3)4/h51-53H,6-50H2,1-5H3/t52?,53-/m1/s1. The Hall–Kier alpha value is -1.59. The van der Waals surface area contributed by atoms with Crippen molar-refractivity contribution in [3.63, 3.8) is 0 Å². The van der Waals surface area contributed by atoms with Crippen molar-refractivity contribution in [1.82, 2.24) is 0 Å². The van der Waals surface area contributed by atoms with E-state index in [9.17, 15) is 14.4 Å². The fourth-order valence-electron chi connectivity index (χ4n) is 8.49. The maximum absolute atomic E-state index is 12.8. The van der Waals surface area contributed by atoms with Gasteiger partial charge in [0.15, 0.2) is 6.10 Å². The molecule has 0 aromatic rings. The first-order valence-corrected chi connectivity index (χ1v) is 27.8. The van der Waals surface area contributed by atoms with Crippen molar-refractivity contribution in [2.75, 3.05) is 13.2 Å². The summed E-state index contributed by atoms with van der Waals surface area (Å²) in [6, 6.07) is 0.